The van der Waals surface area contributed by atoms with Crippen molar-refractivity contribution in [2.45, 2.75) is 32.6 Å². The van der Waals surface area contributed by atoms with E-state index in [4.69, 9.17) is 0 Å². The lowest BCUT2D eigenvalue weighted by Gasteiger charge is -2.23. The highest BCUT2D eigenvalue weighted by molar-refractivity contribution is 9.10. The van der Waals surface area contributed by atoms with Crippen molar-refractivity contribution in [1.29, 1.82) is 0 Å². The molecule has 0 saturated carbocycles. The van der Waals surface area contributed by atoms with Crippen molar-refractivity contribution in [3.63, 3.8) is 0 Å². The summed E-state index contributed by atoms with van der Waals surface area (Å²) in [6.45, 7) is 7.94. The predicted molar refractivity (Wildman–Crippen MR) is 145 cm³/mol. The number of thiophene rings is 1. The van der Waals surface area contributed by atoms with E-state index in [1.165, 1.54) is 15.6 Å². The average Bonchev–Trinajstić information content (AvgIpc) is 3.20. The highest BCUT2D eigenvalue weighted by Gasteiger charge is 2.24. The Kier molecular flexibility index (Phi) is 6.85. The molecule has 4 aromatic rings. The number of fused-ring (bicyclic) bond motifs is 1. The lowest BCUT2D eigenvalue weighted by Crippen LogP contribution is -2.30. The molecule has 0 bridgehead atoms. The molecule has 34 heavy (non-hydrogen) atoms. The van der Waals surface area contributed by atoms with Crippen molar-refractivity contribution >= 4 is 64.7 Å². The molecule has 1 heterocycles. The summed E-state index contributed by atoms with van der Waals surface area (Å²) in [4.78, 5) is 13.8. The number of aryl methyl sites for hydroxylation is 3. The van der Waals surface area contributed by atoms with E-state index < -0.39 is 10.0 Å². The zero-order chi connectivity index (χ0) is 24.6. The standard InChI is InChI=1S/C26H25BrN2O3S2/c1-5-29(34(31,32)22-9-6-16(2)7-10-22)21-8-11-23-19(14-21)15-24(33-23)26(30)28-25-17(3)12-20(27)13-18(25)4/h6-15H,5H2,1-4H3,(H,28,30). The van der Waals surface area contributed by atoms with Crippen LogP contribution in [-0.4, -0.2) is 20.9 Å². The van der Waals surface area contributed by atoms with Gasteiger partial charge in [-0.2, -0.15) is 0 Å². The first-order chi connectivity index (χ1) is 16.1. The average molecular weight is 558 g/mol. The zero-order valence-corrected chi connectivity index (χ0v) is 22.6. The molecule has 8 heteroatoms. The molecular formula is C26H25BrN2O3S2. The van der Waals surface area contributed by atoms with Crippen molar-refractivity contribution in [3.05, 3.63) is 86.7 Å². The van der Waals surface area contributed by atoms with Gasteiger partial charge in [-0.15, -0.1) is 11.3 Å². The minimum atomic E-state index is -3.70. The number of hydrogen-bond donors (Lipinski definition) is 1. The predicted octanol–water partition coefficient (Wildman–Crippen LogP) is 7.06. The molecule has 5 nitrogen and oxygen atoms in total. The third-order valence-electron chi connectivity index (χ3n) is 5.64. The summed E-state index contributed by atoms with van der Waals surface area (Å²) in [5.74, 6) is -0.184. The van der Waals surface area contributed by atoms with E-state index in [-0.39, 0.29) is 10.8 Å². The molecule has 0 aliphatic rings. The number of carbonyl (C=O) groups excluding carboxylic acids is 1. The molecule has 3 aromatic carbocycles. The van der Waals surface area contributed by atoms with Gasteiger partial charge in [0, 0.05) is 21.4 Å². The maximum Gasteiger partial charge on any atom is 0.265 e. The van der Waals surface area contributed by atoms with Crippen molar-refractivity contribution in [2.24, 2.45) is 0 Å². The number of benzene rings is 3. The SMILES string of the molecule is CCN(c1ccc2sc(C(=O)Nc3c(C)cc(Br)cc3C)cc2c1)S(=O)(=O)c1ccc(C)cc1. The first-order valence-electron chi connectivity index (χ1n) is 10.8. The number of anilines is 2. The Bertz CT molecular complexity index is 1470. The van der Waals surface area contributed by atoms with Gasteiger partial charge >= 0.3 is 0 Å². The molecule has 4 rings (SSSR count). The fraction of sp³-hybridized carbons (Fsp3) is 0.192. The molecule has 0 atom stereocenters. The van der Waals surface area contributed by atoms with Crippen LogP contribution in [0.4, 0.5) is 11.4 Å². The van der Waals surface area contributed by atoms with Crippen LogP contribution in [0.25, 0.3) is 10.1 Å². The Balaban J connectivity index is 1.65. The third kappa shape index (κ3) is 4.76. The van der Waals surface area contributed by atoms with Crippen LogP contribution in [0, 0.1) is 20.8 Å². The number of sulfonamides is 1. The molecule has 0 radical (unpaired) electrons. The van der Waals surface area contributed by atoms with Crippen LogP contribution in [0.15, 0.2) is 70.0 Å². The molecule has 0 spiro atoms. The van der Waals surface area contributed by atoms with Crippen molar-refractivity contribution in [3.8, 4) is 0 Å². The van der Waals surface area contributed by atoms with Crippen LogP contribution >= 0.6 is 27.3 Å². The smallest absolute Gasteiger partial charge is 0.265 e. The first kappa shape index (κ1) is 24.4. The van der Waals surface area contributed by atoms with Gasteiger partial charge in [0.1, 0.15) is 0 Å². The maximum absolute atomic E-state index is 13.3. The van der Waals surface area contributed by atoms with Crippen molar-refractivity contribution in [2.75, 3.05) is 16.2 Å². The van der Waals surface area contributed by atoms with Crippen molar-refractivity contribution < 1.29 is 13.2 Å². The number of amides is 1. The number of halogens is 1. The number of rotatable bonds is 6. The molecule has 0 unspecified atom stereocenters. The molecule has 0 saturated heterocycles. The summed E-state index contributed by atoms with van der Waals surface area (Å²) in [7, 11) is -3.70. The highest BCUT2D eigenvalue weighted by Crippen LogP contribution is 2.33. The highest BCUT2D eigenvalue weighted by atomic mass is 79.9. The van der Waals surface area contributed by atoms with Gasteiger partial charge in [-0.1, -0.05) is 33.6 Å². The summed E-state index contributed by atoms with van der Waals surface area (Å²) < 4.78 is 29.8. The fourth-order valence-electron chi connectivity index (χ4n) is 3.91. The minimum Gasteiger partial charge on any atom is -0.321 e. The van der Waals surface area contributed by atoms with Gasteiger partial charge in [-0.25, -0.2) is 8.42 Å². The third-order valence-corrected chi connectivity index (χ3v) is 9.13. The van der Waals surface area contributed by atoms with E-state index in [9.17, 15) is 13.2 Å². The van der Waals surface area contributed by atoms with E-state index in [1.807, 2.05) is 58.0 Å². The van der Waals surface area contributed by atoms with E-state index in [2.05, 4.69) is 21.2 Å². The molecule has 1 aromatic heterocycles. The minimum absolute atomic E-state index is 0.184. The second kappa shape index (κ2) is 9.52. The van der Waals surface area contributed by atoms with Crippen LogP contribution < -0.4 is 9.62 Å². The van der Waals surface area contributed by atoms with E-state index >= 15 is 0 Å². The maximum atomic E-state index is 13.3. The molecule has 0 aliphatic heterocycles. The number of nitrogens with one attached hydrogen (secondary N) is 1. The second-order valence-corrected chi connectivity index (χ2v) is 12.0. The number of hydrogen-bond acceptors (Lipinski definition) is 4. The number of nitrogens with zero attached hydrogens (tertiary/aromatic N) is 1. The van der Waals surface area contributed by atoms with Crippen LogP contribution in [0.1, 0.15) is 33.3 Å². The lowest BCUT2D eigenvalue weighted by molar-refractivity contribution is 0.103. The van der Waals surface area contributed by atoms with E-state index in [0.717, 1.165) is 36.9 Å². The summed E-state index contributed by atoms with van der Waals surface area (Å²) in [5, 5.41) is 3.85. The molecule has 1 N–H and O–H groups in total. The number of carbonyl (C=O) groups is 1. The molecular weight excluding hydrogens is 532 g/mol. The summed E-state index contributed by atoms with van der Waals surface area (Å²) >= 11 is 4.86. The Morgan fingerprint density at radius 1 is 0.971 bits per heavy atom. The quantitative estimate of drug-likeness (QED) is 0.276. The van der Waals surface area contributed by atoms with Crippen LogP contribution in [0.2, 0.25) is 0 Å². The van der Waals surface area contributed by atoms with Gasteiger partial charge in [0.05, 0.1) is 15.5 Å². The van der Waals surface area contributed by atoms with Crippen LogP contribution in [-0.2, 0) is 10.0 Å². The first-order valence-corrected chi connectivity index (χ1v) is 13.9. The van der Waals surface area contributed by atoms with Crippen molar-refractivity contribution in [1.82, 2.24) is 0 Å². The zero-order valence-electron chi connectivity index (χ0n) is 19.3. The Morgan fingerprint density at radius 3 is 2.24 bits per heavy atom. The van der Waals surface area contributed by atoms with Gasteiger partial charge in [0.25, 0.3) is 15.9 Å². The van der Waals surface area contributed by atoms with Gasteiger partial charge in [-0.3, -0.25) is 9.10 Å². The monoisotopic (exact) mass is 556 g/mol. The Labute approximate surface area is 212 Å². The molecule has 0 aliphatic carbocycles. The van der Waals surface area contributed by atoms with Crippen LogP contribution in [0.5, 0.6) is 0 Å². The lowest BCUT2D eigenvalue weighted by atomic mass is 10.1. The summed E-state index contributed by atoms with van der Waals surface area (Å²) in [5.41, 5.74) is 4.32. The van der Waals surface area contributed by atoms with Crippen LogP contribution in [0.3, 0.4) is 0 Å². The van der Waals surface area contributed by atoms with E-state index in [0.29, 0.717) is 17.1 Å². The Hall–Kier alpha value is -2.68. The second-order valence-electron chi connectivity index (χ2n) is 8.18. The summed E-state index contributed by atoms with van der Waals surface area (Å²) in [6.07, 6.45) is 0. The van der Waals surface area contributed by atoms with Gasteiger partial charge in [0.2, 0.25) is 0 Å². The Morgan fingerprint density at radius 2 is 1.62 bits per heavy atom. The van der Waals surface area contributed by atoms with Gasteiger partial charge in [0.15, 0.2) is 0 Å². The molecule has 0 fully saturated rings. The molecule has 176 valence electrons. The van der Waals surface area contributed by atoms with E-state index in [1.54, 1.807) is 30.3 Å². The normalized spacial score (nSPS) is 11.6. The fourth-order valence-corrected chi connectivity index (χ4v) is 7.00. The largest absolute Gasteiger partial charge is 0.321 e. The van der Waals surface area contributed by atoms with Gasteiger partial charge in [-0.05, 0) is 92.7 Å². The molecule has 1 amide bonds. The van der Waals surface area contributed by atoms with Gasteiger partial charge < -0.3 is 5.32 Å². The summed E-state index contributed by atoms with van der Waals surface area (Å²) in [6, 6.07) is 18.1. The topological polar surface area (TPSA) is 66.5 Å².